The molecule has 0 N–H and O–H groups in total. The third kappa shape index (κ3) is 3.25. The number of hydrogen-bond donors (Lipinski definition) is 0. The minimum absolute atomic E-state index is 0.808. The topological polar surface area (TPSA) is 0 Å². The Balaban J connectivity index is 1.56. The van der Waals surface area contributed by atoms with Gasteiger partial charge in [-0.2, -0.15) is 0 Å². The van der Waals surface area contributed by atoms with Crippen molar-refractivity contribution in [2.24, 2.45) is 0 Å². The summed E-state index contributed by atoms with van der Waals surface area (Å²) in [5, 5.41) is 5.10. The third-order valence-electron chi connectivity index (χ3n) is 6.72. The number of hydrogen-bond acceptors (Lipinski definition) is 0. The van der Waals surface area contributed by atoms with E-state index in [9.17, 15) is 0 Å². The molecular weight excluding hydrogens is 371 g/mol. The first kappa shape index (κ1) is 18.5. The fraction of sp³-hybridized carbons (Fsp3) is 0.133. The second-order valence-corrected chi connectivity index (χ2v) is 8.73. The lowest BCUT2D eigenvalue weighted by Gasteiger charge is -2.18. The summed E-state index contributed by atoms with van der Waals surface area (Å²) < 4.78 is 0. The maximum atomic E-state index is 6.43. The Morgan fingerprint density at radius 3 is 2.10 bits per heavy atom. The average molecular weight is 394 g/mol. The Labute approximate surface area is 185 Å². The third-order valence-corrected chi connectivity index (χ3v) is 6.72. The summed E-state index contributed by atoms with van der Waals surface area (Å²) in [6, 6.07) is 33.1. The Hall–Kier alpha value is -3.32. The summed E-state index contributed by atoms with van der Waals surface area (Å²) in [5.74, 6) is 0. The zero-order valence-corrected chi connectivity index (χ0v) is 17.6. The smallest absolute Gasteiger partial charge is 0.0955 e. The highest BCUT2D eigenvalue weighted by molar-refractivity contribution is 6.33. The fourth-order valence-corrected chi connectivity index (χ4v) is 5.18. The number of benzene rings is 5. The lowest BCUT2D eigenvalue weighted by atomic mass is 9.84. The highest BCUT2D eigenvalue weighted by Crippen LogP contribution is 2.36. The largest absolute Gasteiger partial charge is 0.113 e. The number of aryl methyl sites for hydroxylation is 2. The van der Waals surface area contributed by atoms with Gasteiger partial charge in [0, 0.05) is 0 Å². The van der Waals surface area contributed by atoms with Crippen LogP contribution in [0, 0.1) is 0 Å². The Bertz CT molecular complexity index is 1440. The van der Waals surface area contributed by atoms with Gasteiger partial charge in [-0.25, -0.2) is 0 Å². The SMILES string of the molecule is [B]c1cc(-c2ccc3c(c2)CCCC3)cc(-c2cc3ccccc3c3ccccc23)c1. The molecule has 0 spiro atoms. The van der Waals surface area contributed by atoms with E-state index >= 15 is 0 Å². The van der Waals surface area contributed by atoms with Crippen molar-refractivity contribution < 1.29 is 0 Å². The maximum absolute atomic E-state index is 6.43. The van der Waals surface area contributed by atoms with Crippen LogP contribution in [0.15, 0.2) is 91.0 Å². The molecule has 146 valence electrons. The Morgan fingerprint density at radius 1 is 0.516 bits per heavy atom. The molecule has 0 aliphatic heterocycles. The minimum atomic E-state index is 0.808. The van der Waals surface area contributed by atoms with Gasteiger partial charge < -0.3 is 0 Å². The first-order valence-corrected chi connectivity index (χ1v) is 11.2. The van der Waals surface area contributed by atoms with Gasteiger partial charge in [0.15, 0.2) is 0 Å². The van der Waals surface area contributed by atoms with E-state index < -0.39 is 0 Å². The molecule has 0 unspecified atom stereocenters. The van der Waals surface area contributed by atoms with Crippen LogP contribution >= 0.6 is 0 Å². The fourth-order valence-electron chi connectivity index (χ4n) is 5.18. The summed E-state index contributed by atoms with van der Waals surface area (Å²) in [5.41, 5.74) is 8.70. The summed E-state index contributed by atoms with van der Waals surface area (Å²) in [6.45, 7) is 0. The maximum Gasteiger partial charge on any atom is 0.113 e. The van der Waals surface area contributed by atoms with Gasteiger partial charge >= 0.3 is 0 Å². The molecule has 0 bridgehead atoms. The van der Waals surface area contributed by atoms with E-state index in [2.05, 4.69) is 91.0 Å². The van der Waals surface area contributed by atoms with Crippen LogP contribution in [-0.4, -0.2) is 7.85 Å². The molecule has 0 amide bonds. The van der Waals surface area contributed by atoms with Gasteiger partial charge in [-0.05, 0) is 92.7 Å². The van der Waals surface area contributed by atoms with Crippen LogP contribution in [0.4, 0.5) is 0 Å². The van der Waals surface area contributed by atoms with E-state index in [4.69, 9.17) is 7.85 Å². The van der Waals surface area contributed by atoms with E-state index in [1.165, 1.54) is 80.6 Å². The van der Waals surface area contributed by atoms with Crippen molar-refractivity contribution in [1.82, 2.24) is 0 Å². The molecule has 1 aliphatic rings. The second kappa shape index (κ2) is 7.43. The molecule has 31 heavy (non-hydrogen) atoms. The van der Waals surface area contributed by atoms with E-state index in [0.717, 1.165) is 5.46 Å². The van der Waals surface area contributed by atoms with Crippen molar-refractivity contribution in [3.63, 3.8) is 0 Å². The van der Waals surface area contributed by atoms with Crippen molar-refractivity contribution in [2.45, 2.75) is 25.7 Å². The van der Waals surface area contributed by atoms with Gasteiger partial charge in [-0.15, -0.1) is 0 Å². The van der Waals surface area contributed by atoms with Crippen LogP contribution in [0.25, 0.3) is 43.8 Å². The quantitative estimate of drug-likeness (QED) is 0.223. The molecule has 2 radical (unpaired) electrons. The zero-order valence-electron chi connectivity index (χ0n) is 17.6. The van der Waals surface area contributed by atoms with Crippen molar-refractivity contribution >= 4 is 34.9 Å². The molecule has 0 fully saturated rings. The predicted octanol–water partition coefficient (Wildman–Crippen LogP) is 7.00. The normalized spacial score (nSPS) is 13.4. The molecule has 5 aromatic carbocycles. The van der Waals surface area contributed by atoms with E-state index in [-0.39, 0.29) is 0 Å². The van der Waals surface area contributed by atoms with Crippen LogP contribution in [0.1, 0.15) is 24.0 Å². The van der Waals surface area contributed by atoms with Crippen molar-refractivity contribution in [1.29, 1.82) is 0 Å². The number of rotatable bonds is 2. The van der Waals surface area contributed by atoms with Crippen LogP contribution < -0.4 is 5.46 Å². The second-order valence-electron chi connectivity index (χ2n) is 8.73. The van der Waals surface area contributed by atoms with Gasteiger partial charge in [0.25, 0.3) is 0 Å². The zero-order chi connectivity index (χ0) is 20.8. The molecule has 0 aromatic heterocycles. The van der Waals surface area contributed by atoms with E-state index in [0.29, 0.717) is 0 Å². The van der Waals surface area contributed by atoms with Gasteiger partial charge in [0.05, 0.1) is 0 Å². The molecule has 1 heteroatoms. The number of fused-ring (bicyclic) bond motifs is 4. The van der Waals surface area contributed by atoms with Gasteiger partial charge in [0.2, 0.25) is 0 Å². The van der Waals surface area contributed by atoms with Crippen LogP contribution in [0.2, 0.25) is 0 Å². The van der Waals surface area contributed by atoms with Gasteiger partial charge in [0.1, 0.15) is 7.85 Å². The predicted molar refractivity (Wildman–Crippen MR) is 134 cm³/mol. The average Bonchev–Trinajstić information content (AvgIpc) is 2.83. The molecular formula is C30H23B. The van der Waals surface area contributed by atoms with Crippen LogP contribution in [0.5, 0.6) is 0 Å². The summed E-state index contributed by atoms with van der Waals surface area (Å²) in [7, 11) is 6.43. The lowest BCUT2D eigenvalue weighted by molar-refractivity contribution is 0.686. The standard InChI is InChI=1S/C30H23B/c31-26-17-24(22-14-13-20-7-1-2-8-21(20)15-22)16-25(18-26)30-19-23-9-3-4-10-27(23)28-11-5-6-12-29(28)30/h3-6,9-19H,1-2,7-8H2. The Morgan fingerprint density at radius 2 is 1.23 bits per heavy atom. The van der Waals surface area contributed by atoms with Gasteiger partial charge in [-0.1, -0.05) is 84.3 Å². The van der Waals surface area contributed by atoms with E-state index in [1.807, 2.05) is 0 Å². The molecule has 0 saturated heterocycles. The van der Waals surface area contributed by atoms with Gasteiger partial charge in [-0.3, -0.25) is 0 Å². The monoisotopic (exact) mass is 394 g/mol. The molecule has 0 atom stereocenters. The van der Waals surface area contributed by atoms with E-state index in [1.54, 1.807) is 0 Å². The molecule has 5 aromatic rings. The van der Waals surface area contributed by atoms with Crippen molar-refractivity contribution in [2.75, 3.05) is 0 Å². The van der Waals surface area contributed by atoms with Crippen molar-refractivity contribution in [3.05, 3.63) is 102 Å². The highest BCUT2D eigenvalue weighted by Gasteiger charge is 2.13. The first-order valence-electron chi connectivity index (χ1n) is 11.2. The molecule has 6 rings (SSSR count). The molecule has 0 heterocycles. The van der Waals surface area contributed by atoms with Crippen LogP contribution in [-0.2, 0) is 12.8 Å². The minimum Gasteiger partial charge on any atom is -0.0955 e. The lowest BCUT2D eigenvalue weighted by Crippen LogP contribution is -2.05. The van der Waals surface area contributed by atoms with Crippen LogP contribution in [0.3, 0.4) is 0 Å². The highest BCUT2D eigenvalue weighted by atomic mass is 14.2. The molecule has 0 nitrogen and oxygen atoms in total. The van der Waals surface area contributed by atoms with Crippen molar-refractivity contribution in [3.8, 4) is 22.3 Å². The summed E-state index contributed by atoms with van der Waals surface area (Å²) in [6.07, 6.45) is 5.00. The first-order chi connectivity index (χ1) is 15.3. The molecule has 1 aliphatic carbocycles. The molecule has 0 saturated carbocycles. The summed E-state index contributed by atoms with van der Waals surface area (Å²) >= 11 is 0. The Kier molecular flexibility index (Phi) is 4.42. The summed E-state index contributed by atoms with van der Waals surface area (Å²) in [4.78, 5) is 0.